The van der Waals surface area contributed by atoms with Crippen LogP contribution >= 0.6 is 27.3 Å². The lowest BCUT2D eigenvalue weighted by Gasteiger charge is -2.23. The van der Waals surface area contributed by atoms with E-state index in [9.17, 15) is 0 Å². The fourth-order valence-electron chi connectivity index (χ4n) is 2.68. The molecule has 1 nitrogen and oxygen atoms in total. The minimum absolute atomic E-state index is 0.655. The van der Waals surface area contributed by atoms with Crippen molar-refractivity contribution in [2.24, 2.45) is 5.92 Å². The highest BCUT2D eigenvalue weighted by atomic mass is 79.9. The van der Waals surface area contributed by atoms with Crippen LogP contribution in [-0.4, -0.2) is 6.04 Å². The Morgan fingerprint density at radius 1 is 1.35 bits per heavy atom. The van der Waals surface area contributed by atoms with Crippen LogP contribution in [0.1, 0.15) is 50.3 Å². The molecule has 1 aromatic heterocycles. The van der Waals surface area contributed by atoms with Crippen LogP contribution in [0.15, 0.2) is 15.9 Å². The minimum Gasteiger partial charge on any atom is -0.309 e. The average Bonchev–Trinajstić information content (AvgIpc) is 2.58. The van der Waals surface area contributed by atoms with Crippen molar-refractivity contribution in [2.45, 2.75) is 58.0 Å². The Bertz CT molecular complexity index is 329. The molecule has 1 heterocycles. The van der Waals surface area contributed by atoms with Gasteiger partial charge in [0.2, 0.25) is 0 Å². The van der Waals surface area contributed by atoms with Crippen LogP contribution in [-0.2, 0) is 6.54 Å². The van der Waals surface area contributed by atoms with Gasteiger partial charge in [-0.05, 0) is 53.1 Å². The molecule has 3 heteroatoms. The van der Waals surface area contributed by atoms with E-state index in [4.69, 9.17) is 0 Å². The van der Waals surface area contributed by atoms with E-state index in [2.05, 4.69) is 39.6 Å². The average molecular weight is 316 g/mol. The van der Waals surface area contributed by atoms with Crippen LogP contribution in [0.5, 0.6) is 0 Å². The molecule has 1 aliphatic rings. The molecule has 0 radical (unpaired) electrons. The van der Waals surface area contributed by atoms with Crippen molar-refractivity contribution in [3.63, 3.8) is 0 Å². The highest BCUT2D eigenvalue weighted by Gasteiger charge is 2.18. The SMILES string of the molecule is C[C@H](NCc1sccc1Br)C1CCCCCC1. The van der Waals surface area contributed by atoms with E-state index in [0.29, 0.717) is 6.04 Å². The Labute approximate surface area is 117 Å². The molecule has 0 aromatic carbocycles. The number of thiophene rings is 1. The van der Waals surface area contributed by atoms with Gasteiger partial charge in [0.05, 0.1) is 0 Å². The third kappa shape index (κ3) is 4.08. The summed E-state index contributed by atoms with van der Waals surface area (Å²) >= 11 is 5.43. The van der Waals surface area contributed by atoms with Crippen molar-refractivity contribution in [1.82, 2.24) is 5.32 Å². The van der Waals surface area contributed by atoms with Gasteiger partial charge in [-0.3, -0.25) is 0 Å². The zero-order chi connectivity index (χ0) is 12.1. The van der Waals surface area contributed by atoms with Gasteiger partial charge < -0.3 is 5.32 Å². The monoisotopic (exact) mass is 315 g/mol. The van der Waals surface area contributed by atoms with Crippen LogP contribution in [0.2, 0.25) is 0 Å². The second kappa shape index (κ2) is 6.91. The van der Waals surface area contributed by atoms with Crippen molar-refractivity contribution >= 4 is 27.3 Å². The summed E-state index contributed by atoms with van der Waals surface area (Å²) in [5.74, 6) is 0.885. The highest BCUT2D eigenvalue weighted by Crippen LogP contribution is 2.27. The quantitative estimate of drug-likeness (QED) is 0.774. The zero-order valence-electron chi connectivity index (χ0n) is 10.5. The Kier molecular flexibility index (Phi) is 5.51. The molecule has 1 saturated carbocycles. The molecule has 2 rings (SSSR count). The summed E-state index contributed by atoms with van der Waals surface area (Å²) in [5.41, 5.74) is 0. The summed E-state index contributed by atoms with van der Waals surface area (Å²) in [6.07, 6.45) is 8.58. The number of hydrogen-bond donors (Lipinski definition) is 1. The van der Waals surface area contributed by atoms with Crippen molar-refractivity contribution < 1.29 is 0 Å². The van der Waals surface area contributed by atoms with Crippen LogP contribution in [0, 0.1) is 5.92 Å². The lowest BCUT2D eigenvalue weighted by atomic mass is 9.93. The van der Waals surface area contributed by atoms with E-state index in [-0.39, 0.29) is 0 Å². The second-order valence-electron chi connectivity index (χ2n) is 5.11. The maximum absolute atomic E-state index is 3.70. The minimum atomic E-state index is 0.655. The van der Waals surface area contributed by atoms with E-state index in [0.717, 1.165) is 12.5 Å². The molecular formula is C14H22BrNS. The molecule has 0 spiro atoms. The smallest absolute Gasteiger partial charge is 0.0327 e. The van der Waals surface area contributed by atoms with Gasteiger partial charge in [-0.2, -0.15) is 0 Å². The fourth-order valence-corrected chi connectivity index (χ4v) is 4.13. The number of halogens is 1. The predicted octanol–water partition coefficient (Wildman–Crippen LogP) is 4.96. The van der Waals surface area contributed by atoms with E-state index in [1.165, 1.54) is 47.9 Å². The fraction of sp³-hybridized carbons (Fsp3) is 0.714. The second-order valence-corrected chi connectivity index (χ2v) is 6.97. The van der Waals surface area contributed by atoms with E-state index in [1.54, 1.807) is 0 Å². The van der Waals surface area contributed by atoms with Gasteiger partial charge in [-0.1, -0.05) is 25.7 Å². The van der Waals surface area contributed by atoms with Gasteiger partial charge >= 0.3 is 0 Å². The van der Waals surface area contributed by atoms with Gasteiger partial charge in [-0.25, -0.2) is 0 Å². The summed E-state index contributed by atoms with van der Waals surface area (Å²) in [4.78, 5) is 1.42. The first-order valence-electron chi connectivity index (χ1n) is 6.72. The Morgan fingerprint density at radius 2 is 2.06 bits per heavy atom. The molecule has 0 unspecified atom stereocenters. The van der Waals surface area contributed by atoms with Crippen molar-refractivity contribution in [3.05, 3.63) is 20.8 Å². The topological polar surface area (TPSA) is 12.0 Å². The standard InChI is InChI=1S/C14H22BrNS/c1-11(12-6-4-2-3-5-7-12)16-10-14-13(15)8-9-17-14/h8-9,11-12,16H,2-7,10H2,1H3/t11-/m0/s1. The van der Waals surface area contributed by atoms with Gasteiger partial charge in [0.25, 0.3) is 0 Å². The maximum Gasteiger partial charge on any atom is 0.0327 e. The zero-order valence-corrected chi connectivity index (χ0v) is 12.9. The van der Waals surface area contributed by atoms with E-state index in [1.807, 2.05) is 11.3 Å². The lowest BCUT2D eigenvalue weighted by molar-refractivity contribution is 0.337. The number of hydrogen-bond acceptors (Lipinski definition) is 2. The molecule has 96 valence electrons. The van der Waals surface area contributed by atoms with Gasteiger partial charge in [0.15, 0.2) is 0 Å². The van der Waals surface area contributed by atoms with Gasteiger partial charge in [0, 0.05) is 21.9 Å². The summed E-state index contributed by atoms with van der Waals surface area (Å²) in [6.45, 7) is 3.37. The van der Waals surface area contributed by atoms with Gasteiger partial charge in [-0.15, -0.1) is 11.3 Å². The van der Waals surface area contributed by atoms with Crippen LogP contribution in [0.25, 0.3) is 0 Å². The lowest BCUT2D eigenvalue weighted by Crippen LogP contribution is -2.32. The first-order valence-corrected chi connectivity index (χ1v) is 8.40. The molecule has 1 aliphatic carbocycles. The van der Waals surface area contributed by atoms with E-state index < -0.39 is 0 Å². The van der Waals surface area contributed by atoms with E-state index >= 15 is 0 Å². The first kappa shape index (κ1) is 13.6. The van der Waals surface area contributed by atoms with Gasteiger partial charge in [0.1, 0.15) is 0 Å². The van der Waals surface area contributed by atoms with Crippen molar-refractivity contribution in [1.29, 1.82) is 0 Å². The molecule has 1 fully saturated rings. The maximum atomic E-state index is 3.70. The molecule has 0 amide bonds. The Morgan fingerprint density at radius 3 is 2.65 bits per heavy atom. The Hall–Kier alpha value is 0.140. The third-order valence-electron chi connectivity index (χ3n) is 3.88. The summed E-state index contributed by atoms with van der Waals surface area (Å²) < 4.78 is 1.25. The summed E-state index contributed by atoms with van der Waals surface area (Å²) in [6, 6.07) is 2.79. The molecular weight excluding hydrogens is 294 g/mol. The largest absolute Gasteiger partial charge is 0.309 e. The van der Waals surface area contributed by atoms with Crippen LogP contribution in [0.3, 0.4) is 0 Å². The molecule has 1 atom stereocenters. The normalized spacial score (nSPS) is 20.1. The van der Waals surface area contributed by atoms with Crippen LogP contribution < -0.4 is 5.32 Å². The number of rotatable bonds is 4. The summed E-state index contributed by atoms with van der Waals surface area (Å²) in [7, 11) is 0. The molecule has 1 aromatic rings. The molecule has 0 aliphatic heterocycles. The number of nitrogens with one attached hydrogen (secondary N) is 1. The summed E-state index contributed by atoms with van der Waals surface area (Å²) in [5, 5.41) is 5.85. The first-order chi connectivity index (χ1) is 8.27. The third-order valence-corrected chi connectivity index (χ3v) is 5.81. The molecule has 0 bridgehead atoms. The Balaban J connectivity index is 1.80. The van der Waals surface area contributed by atoms with Crippen LogP contribution in [0.4, 0.5) is 0 Å². The molecule has 17 heavy (non-hydrogen) atoms. The van der Waals surface area contributed by atoms with Crippen molar-refractivity contribution in [2.75, 3.05) is 0 Å². The molecule has 1 N–H and O–H groups in total. The van der Waals surface area contributed by atoms with Crippen molar-refractivity contribution in [3.8, 4) is 0 Å². The molecule has 0 saturated heterocycles. The highest BCUT2D eigenvalue weighted by molar-refractivity contribution is 9.10. The predicted molar refractivity (Wildman–Crippen MR) is 79.5 cm³/mol.